The highest BCUT2D eigenvalue weighted by molar-refractivity contribution is 6.33. The second-order valence-corrected chi connectivity index (χ2v) is 7.41. The maximum Gasteiger partial charge on any atom is 0.340 e. The molecule has 1 aliphatic rings. The van der Waals surface area contributed by atoms with E-state index in [-0.39, 0.29) is 10.6 Å². The number of hydrogen-bond donors (Lipinski definition) is 0. The van der Waals surface area contributed by atoms with Gasteiger partial charge in [-0.3, -0.25) is 4.79 Å². The van der Waals surface area contributed by atoms with E-state index in [0.717, 1.165) is 4.68 Å². The van der Waals surface area contributed by atoms with Crippen LogP contribution in [0.1, 0.15) is 15.9 Å². The first-order valence-electron chi connectivity index (χ1n) is 9.85. The number of nitriles is 1. The maximum atomic E-state index is 13.0. The van der Waals surface area contributed by atoms with E-state index in [4.69, 9.17) is 16.3 Å². The average molecular weight is 451 g/mol. The van der Waals surface area contributed by atoms with Crippen LogP contribution in [0.5, 0.6) is 0 Å². The molecule has 0 bridgehead atoms. The number of rotatable bonds is 4. The Labute approximate surface area is 189 Å². The van der Waals surface area contributed by atoms with Crippen molar-refractivity contribution in [3.05, 3.63) is 75.3 Å². The molecule has 1 aromatic carbocycles. The van der Waals surface area contributed by atoms with Crippen molar-refractivity contribution in [3.8, 4) is 11.8 Å². The number of para-hydroxylation sites is 1. The van der Waals surface area contributed by atoms with Crippen LogP contribution in [-0.4, -0.2) is 54.0 Å². The summed E-state index contributed by atoms with van der Waals surface area (Å²) in [7, 11) is 1.27. The highest BCUT2D eigenvalue weighted by Crippen LogP contribution is 2.25. The largest absolute Gasteiger partial charge is 0.465 e. The Kier molecular flexibility index (Phi) is 6.05. The molecule has 32 heavy (non-hydrogen) atoms. The van der Waals surface area contributed by atoms with Crippen molar-refractivity contribution in [2.45, 2.75) is 0 Å². The van der Waals surface area contributed by atoms with E-state index in [1.807, 2.05) is 9.80 Å². The van der Waals surface area contributed by atoms with E-state index in [2.05, 4.69) is 16.2 Å². The lowest BCUT2D eigenvalue weighted by molar-refractivity contribution is 0.0600. The molecular weight excluding hydrogens is 432 g/mol. The van der Waals surface area contributed by atoms with Gasteiger partial charge < -0.3 is 14.5 Å². The molecule has 0 N–H and O–H groups in total. The number of halogens is 1. The van der Waals surface area contributed by atoms with Crippen LogP contribution in [0, 0.1) is 11.3 Å². The molecule has 0 radical (unpaired) electrons. The van der Waals surface area contributed by atoms with Crippen molar-refractivity contribution in [2.24, 2.45) is 0 Å². The Bertz CT molecular complexity index is 1260. The van der Waals surface area contributed by atoms with E-state index in [0.29, 0.717) is 48.9 Å². The zero-order valence-electron chi connectivity index (χ0n) is 17.2. The number of hydrogen-bond acceptors (Lipinski definition) is 8. The Hall–Kier alpha value is -3.90. The number of methoxy groups -OCH3 is 1. The first-order valence-corrected chi connectivity index (χ1v) is 10.2. The van der Waals surface area contributed by atoms with Gasteiger partial charge in [0.2, 0.25) is 0 Å². The van der Waals surface area contributed by atoms with Crippen LogP contribution in [-0.2, 0) is 4.74 Å². The van der Waals surface area contributed by atoms with E-state index < -0.39 is 11.5 Å². The monoisotopic (exact) mass is 450 g/mol. The summed E-state index contributed by atoms with van der Waals surface area (Å²) >= 11 is 6.45. The van der Waals surface area contributed by atoms with Gasteiger partial charge in [-0.1, -0.05) is 23.7 Å². The third-order valence-electron chi connectivity index (χ3n) is 5.27. The number of piperazine rings is 1. The minimum absolute atomic E-state index is 0.0173. The number of pyridine rings is 1. The number of benzene rings is 1. The van der Waals surface area contributed by atoms with Gasteiger partial charge in [0.25, 0.3) is 5.56 Å². The van der Waals surface area contributed by atoms with Gasteiger partial charge in [0.05, 0.1) is 35.8 Å². The normalized spacial score (nSPS) is 13.5. The Morgan fingerprint density at radius 3 is 2.53 bits per heavy atom. The third kappa shape index (κ3) is 3.88. The van der Waals surface area contributed by atoms with Crippen molar-refractivity contribution in [2.75, 3.05) is 43.1 Å². The zero-order valence-corrected chi connectivity index (χ0v) is 18.0. The summed E-state index contributed by atoms with van der Waals surface area (Å²) in [5, 5.41) is 13.6. The number of nitrogens with zero attached hydrogens (tertiary/aromatic N) is 6. The topological polar surface area (TPSA) is 104 Å². The van der Waals surface area contributed by atoms with Gasteiger partial charge >= 0.3 is 5.97 Å². The second-order valence-electron chi connectivity index (χ2n) is 7.03. The van der Waals surface area contributed by atoms with Crippen LogP contribution in [0.4, 0.5) is 11.5 Å². The minimum Gasteiger partial charge on any atom is -0.465 e. The molecule has 0 spiro atoms. The summed E-state index contributed by atoms with van der Waals surface area (Å²) in [6.07, 6.45) is 3.18. The van der Waals surface area contributed by atoms with Crippen LogP contribution in [0.15, 0.2) is 53.6 Å². The molecule has 2 aromatic heterocycles. The molecule has 3 heterocycles. The standard InChI is InChI=1S/C22H19ClN6O3/c1-32-22(31)16-6-2-3-7-17(16)29-21(30)19(23)18(14-26-29)27-9-11-28(12-10-27)20-15(13-24)5-4-8-25-20/h2-8,14H,9-12H2,1H3. The Balaban J connectivity index is 1.59. The van der Waals surface area contributed by atoms with E-state index in [1.54, 1.807) is 42.6 Å². The third-order valence-corrected chi connectivity index (χ3v) is 5.62. The number of esters is 1. The lowest BCUT2D eigenvalue weighted by atomic mass is 10.2. The van der Waals surface area contributed by atoms with Gasteiger partial charge in [-0.2, -0.15) is 15.0 Å². The van der Waals surface area contributed by atoms with Crippen molar-refractivity contribution < 1.29 is 9.53 Å². The fraction of sp³-hybridized carbons (Fsp3) is 0.227. The molecule has 0 atom stereocenters. The van der Waals surface area contributed by atoms with Crippen LogP contribution in [0.2, 0.25) is 5.02 Å². The van der Waals surface area contributed by atoms with Crippen LogP contribution < -0.4 is 15.4 Å². The molecule has 0 saturated carbocycles. The second kappa shape index (κ2) is 9.08. The van der Waals surface area contributed by atoms with Gasteiger partial charge in [-0.25, -0.2) is 9.78 Å². The van der Waals surface area contributed by atoms with Crippen molar-refractivity contribution in [1.29, 1.82) is 5.26 Å². The van der Waals surface area contributed by atoms with E-state index in [9.17, 15) is 14.9 Å². The summed E-state index contributed by atoms with van der Waals surface area (Å²) in [4.78, 5) is 33.4. The molecule has 3 aromatic rings. The highest BCUT2D eigenvalue weighted by Gasteiger charge is 2.24. The number of ether oxygens (including phenoxy) is 1. The molecule has 1 fully saturated rings. The SMILES string of the molecule is COC(=O)c1ccccc1-n1ncc(N2CCN(c3ncccc3C#N)CC2)c(Cl)c1=O. The van der Waals surface area contributed by atoms with E-state index >= 15 is 0 Å². The molecule has 0 aliphatic carbocycles. The number of aromatic nitrogens is 3. The quantitative estimate of drug-likeness (QED) is 0.557. The summed E-state index contributed by atoms with van der Waals surface area (Å²) in [6.45, 7) is 2.36. The van der Waals surface area contributed by atoms with Crippen molar-refractivity contribution in [3.63, 3.8) is 0 Å². The van der Waals surface area contributed by atoms with Crippen molar-refractivity contribution >= 4 is 29.1 Å². The lowest BCUT2D eigenvalue weighted by Crippen LogP contribution is -2.47. The molecule has 1 aliphatic heterocycles. The summed E-state index contributed by atoms with van der Waals surface area (Å²) in [5.74, 6) is 0.0746. The summed E-state index contributed by atoms with van der Waals surface area (Å²) < 4.78 is 5.90. The number of anilines is 2. The van der Waals surface area contributed by atoms with Gasteiger partial charge in [0, 0.05) is 32.4 Å². The van der Waals surface area contributed by atoms with Crippen LogP contribution in [0.3, 0.4) is 0 Å². The first kappa shape index (κ1) is 21.3. The summed E-state index contributed by atoms with van der Waals surface area (Å²) in [6, 6.07) is 12.2. The molecular formula is C22H19ClN6O3. The fourth-order valence-electron chi connectivity index (χ4n) is 3.65. The van der Waals surface area contributed by atoms with Crippen LogP contribution in [0.25, 0.3) is 5.69 Å². The Morgan fingerprint density at radius 1 is 1.09 bits per heavy atom. The smallest absolute Gasteiger partial charge is 0.340 e. The lowest BCUT2D eigenvalue weighted by Gasteiger charge is -2.37. The predicted molar refractivity (Wildman–Crippen MR) is 120 cm³/mol. The average Bonchev–Trinajstić information content (AvgIpc) is 2.85. The van der Waals surface area contributed by atoms with Gasteiger partial charge in [0.1, 0.15) is 16.9 Å². The molecule has 1 saturated heterocycles. The molecule has 9 nitrogen and oxygen atoms in total. The molecule has 0 unspecified atom stereocenters. The minimum atomic E-state index is -0.572. The molecule has 0 amide bonds. The summed E-state index contributed by atoms with van der Waals surface area (Å²) in [5.41, 5.74) is 1.02. The van der Waals surface area contributed by atoms with Gasteiger partial charge in [-0.05, 0) is 24.3 Å². The van der Waals surface area contributed by atoms with Gasteiger partial charge in [0.15, 0.2) is 0 Å². The maximum absolute atomic E-state index is 13.0. The van der Waals surface area contributed by atoms with Crippen LogP contribution >= 0.6 is 11.6 Å². The number of carbonyl (C=O) groups is 1. The highest BCUT2D eigenvalue weighted by atomic mass is 35.5. The Morgan fingerprint density at radius 2 is 1.81 bits per heavy atom. The fourth-order valence-corrected chi connectivity index (χ4v) is 3.90. The van der Waals surface area contributed by atoms with Crippen molar-refractivity contribution in [1.82, 2.24) is 14.8 Å². The van der Waals surface area contributed by atoms with Gasteiger partial charge in [-0.15, -0.1) is 0 Å². The van der Waals surface area contributed by atoms with E-state index in [1.165, 1.54) is 13.3 Å². The molecule has 4 rings (SSSR count). The zero-order chi connectivity index (χ0) is 22.7. The first-order chi connectivity index (χ1) is 15.5. The molecule has 10 heteroatoms. The predicted octanol–water partition coefficient (Wildman–Crippen LogP) is 2.27. The number of carbonyl (C=O) groups excluding carboxylic acids is 1. The molecule has 162 valence electrons.